The van der Waals surface area contributed by atoms with Gasteiger partial charge < -0.3 is 11.1 Å². The molecule has 0 aromatic heterocycles. The fourth-order valence-corrected chi connectivity index (χ4v) is 1.76. The zero-order valence-electron chi connectivity index (χ0n) is 12.0. The van der Waals surface area contributed by atoms with Gasteiger partial charge in [0.15, 0.2) is 0 Å². The highest BCUT2D eigenvalue weighted by atomic mass is 16.1. The highest BCUT2D eigenvalue weighted by Gasteiger charge is 2.15. The average molecular weight is 248 g/mol. The summed E-state index contributed by atoms with van der Waals surface area (Å²) in [6.45, 7) is 10.4. The Morgan fingerprint density at radius 2 is 2.00 bits per heavy atom. The van der Waals surface area contributed by atoms with Crippen LogP contribution in [0.5, 0.6) is 0 Å². The minimum absolute atomic E-state index is 0.0309. The summed E-state index contributed by atoms with van der Waals surface area (Å²) in [7, 11) is 0. The van der Waals surface area contributed by atoms with Crippen molar-refractivity contribution in [2.24, 2.45) is 5.73 Å². The van der Waals surface area contributed by atoms with Crippen LogP contribution in [0.15, 0.2) is 18.2 Å². The molecule has 0 heterocycles. The number of hydrogen-bond donors (Lipinski definition) is 2. The summed E-state index contributed by atoms with van der Waals surface area (Å²) in [5, 5.41) is 2.90. The lowest BCUT2D eigenvalue weighted by molar-refractivity contribution is -0.116. The van der Waals surface area contributed by atoms with Gasteiger partial charge in [-0.3, -0.25) is 4.79 Å². The molecule has 1 aromatic carbocycles. The third-order valence-electron chi connectivity index (χ3n) is 2.87. The van der Waals surface area contributed by atoms with Crippen LogP contribution in [0.2, 0.25) is 0 Å². The number of rotatable bonds is 3. The van der Waals surface area contributed by atoms with Crippen molar-refractivity contribution in [3.63, 3.8) is 0 Å². The third-order valence-corrected chi connectivity index (χ3v) is 2.87. The Labute approximate surface area is 110 Å². The van der Waals surface area contributed by atoms with Crippen molar-refractivity contribution < 1.29 is 4.79 Å². The average Bonchev–Trinajstić information content (AvgIpc) is 2.18. The van der Waals surface area contributed by atoms with Gasteiger partial charge in [0.05, 0.1) is 0 Å². The first-order valence-corrected chi connectivity index (χ1v) is 6.36. The van der Waals surface area contributed by atoms with Crippen LogP contribution < -0.4 is 11.1 Å². The molecule has 0 aliphatic carbocycles. The van der Waals surface area contributed by atoms with Crippen LogP contribution in [0, 0.1) is 6.92 Å². The van der Waals surface area contributed by atoms with Crippen molar-refractivity contribution in [2.45, 2.75) is 52.5 Å². The van der Waals surface area contributed by atoms with Crippen molar-refractivity contribution in [1.29, 1.82) is 0 Å². The van der Waals surface area contributed by atoms with Crippen molar-refractivity contribution in [1.82, 2.24) is 0 Å². The van der Waals surface area contributed by atoms with Gasteiger partial charge in [-0.25, -0.2) is 0 Å². The molecule has 0 aliphatic heterocycles. The molecule has 0 saturated carbocycles. The van der Waals surface area contributed by atoms with Crippen LogP contribution in [0.25, 0.3) is 0 Å². The number of carbonyl (C=O) groups excluding carboxylic acids is 1. The fraction of sp³-hybridized carbons (Fsp3) is 0.533. The van der Waals surface area contributed by atoms with Gasteiger partial charge in [-0.1, -0.05) is 32.9 Å². The van der Waals surface area contributed by atoms with E-state index in [-0.39, 0.29) is 17.4 Å². The number of hydrogen-bond acceptors (Lipinski definition) is 2. The molecule has 0 spiro atoms. The minimum atomic E-state index is -0.112. The first-order chi connectivity index (χ1) is 8.20. The first-order valence-electron chi connectivity index (χ1n) is 6.36. The lowest BCUT2D eigenvalue weighted by Crippen LogP contribution is -2.24. The van der Waals surface area contributed by atoms with E-state index in [4.69, 9.17) is 5.73 Å². The molecule has 0 radical (unpaired) electrons. The van der Waals surface area contributed by atoms with Gasteiger partial charge in [-0.15, -0.1) is 0 Å². The monoisotopic (exact) mass is 248 g/mol. The standard InChI is InChI=1S/C15H24N2O/c1-10-8-12(15(3,4)5)6-7-13(10)17-14(18)9-11(2)16/h6-8,11H,9,16H2,1-5H3,(H,17,18). The molecule has 1 amide bonds. The molecule has 100 valence electrons. The van der Waals surface area contributed by atoms with Gasteiger partial charge in [0.1, 0.15) is 0 Å². The maximum Gasteiger partial charge on any atom is 0.225 e. The molecule has 3 N–H and O–H groups in total. The van der Waals surface area contributed by atoms with E-state index < -0.39 is 0 Å². The molecule has 0 fully saturated rings. The normalized spacial score (nSPS) is 13.2. The van der Waals surface area contributed by atoms with Gasteiger partial charge in [-0.05, 0) is 36.5 Å². The summed E-state index contributed by atoms with van der Waals surface area (Å²) in [6.07, 6.45) is 0.348. The highest BCUT2D eigenvalue weighted by Crippen LogP contribution is 2.26. The topological polar surface area (TPSA) is 55.1 Å². The van der Waals surface area contributed by atoms with E-state index in [1.807, 2.05) is 19.9 Å². The summed E-state index contributed by atoms with van der Waals surface area (Å²) in [6, 6.07) is 6.05. The number of nitrogens with one attached hydrogen (secondary N) is 1. The second kappa shape index (κ2) is 5.53. The predicted octanol–water partition coefficient (Wildman–Crippen LogP) is 2.97. The number of benzene rings is 1. The lowest BCUT2D eigenvalue weighted by atomic mass is 9.86. The Hall–Kier alpha value is -1.35. The van der Waals surface area contributed by atoms with E-state index in [0.717, 1.165) is 11.3 Å². The van der Waals surface area contributed by atoms with Crippen LogP contribution >= 0.6 is 0 Å². The lowest BCUT2D eigenvalue weighted by Gasteiger charge is -2.20. The number of anilines is 1. The molecule has 0 bridgehead atoms. The SMILES string of the molecule is Cc1cc(C(C)(C)C)ccc1NC(=O)CC(C)N. The third kappa shape index (κ3) is 4.15. The zero-order chi connectivity index (χ0) is 13.9. The molecular weight excluding hydrogens is 224 g/mol. The van der Waals surface area contributed by atoms with E-state index in [2.05, 4.69) is 38.2 Å². The predicted molar refractivity (Wildman–Crippen MR) is 76.8 cm³/mol. The fourth-order valence-electron chi connectivity index (χ4n) is 1.76. The zero-order valence-corrected chi connectivity index (χ0v) is 12.0. The Morgan fingerprint density at radius 1 is 1.39 bits per heavy atom. The van der Waals surface area contributed by atoms with Crippen molar-refractivity contribution in [3.8, 4) is 0 Å². The van der Waals surface area contributed by atoms with Crippen molar-refractivity contribution in [2.75, 3.05) is 5.32 Å². The van der Waals surface area contributed by atoms with Gasteiger partial charge >= 0.3 is 0 Å². The molecule has 0 aliphatic rings. The van der Waals surface area contributed by atoms with E-state index in [1.54, 1.807) is 0 Å². The van der Waals surface area contributed by atoms with E-state index in [9.17, 15) is 4.79 Å². The van der Waals surface area contributed by atoms with Gasteiger partial charge in [0, 0.05) is 18.2 Å². The minimum Gasteiger partial charge on any atom is -0.327 e. The molecule has 1 rings (SSSR count). The molecule has 1 atom stereocenters. The van der Waals surface area contributed by atoms with Gasteiger partial charge in [0.2, 0.25) is 5.91 Å². The summed E-state index contributed by atoms with van der Waals surface area (Å²) >= 11 is 0. The van der Waals surface area contributed by atoms with Crippen LogP contribution in [-0.2, 0) is 10.2 Å². The molecule has 3 nitrogen and oxygen atoms in total. The van der Waals surface area contributed by atoms with E-state index >= 15 is 0 Å². The van der Waals surface area contributed by atoms with Gasteiger partial charge in [0.25, 0.3) is 0 Å². The summed E-state index contributed by atoms with van der Waals surface area (Å²) in [5.41, 5.74) is 8.95. The van der Waals surface area contributed by atoms with Crippen molar-refractivity contribution >= 4 is 11.6 Å². The van der Waals surface area contributed by atoms with Crippen LogP contribution in [0.4, 0.5) is 5.69 Å². The Bertz CT molecular complexity index is 431. The van der Waals surface area contributed by atoms with E-state index in [0.29, 0.717) is 6.42 Å². The van der Waals surface area contributed by atoms with Gasteiger partial charge in [-0.2, -0.15) is 0 Å². The number of aryl methyl sites for hydroxylation is 1. The summed E-state index contributed by atoms with van der Waals surface area (Å²) in [4.78, 5) is 11.7. The Balaban J connectivity index is 2.84. The second-order valence-electron chi connectivity index (χ2n) is 6.01. The number of nitrogens with two attached hydrogens (primary N) is 1. The smallest absolute Gasteiger partial charge is 0.225 e. The quantitative estimate of drug-likeness (QED) is 0.864. The first kappa shape index (κ1) is 14.7. The van der Waals surface area contributed by atoms with Crippen LogP contribution in [0.1, 0.15) is 45.2 Å². The maximum absolute atomic E-state index is 11.7. The maximum atomic E-state index is 11.7. The van der Waals surface area contributed by atoms with E-state index in [1.165, 1.54) is 5.56 Å². The molecular formula is C15H24N2O. The molecule has 0 saturated heterocycles. The van der Waals surface area contributed by atoms with Crippen molar-refractivity contribution in [3.05, 3.63) is 29.3 Å². The second-order valence-corrected chi connectivity index (χ2v) is 6.01. The molecule has 1 aromatic rings. The van der Waals surface area contributed by atoms with Crippen LogP contribution in [-0.4, -0.2) is 11.9 Å². The summed E-state index contributed by atoms with van der Waals surface area (Å²) in [5.74, 6) is -0.0309. The Morgan fingerprint density at radius 3 is 2.44 bits per heavy atom. The largest absolute Gasteiger partial charge is 0.327 e. The van der Waals surface area contributed by atoms with Crippen LogP contribution in [0.3, 0.4) is 0 Å². The summed E-state index contributed by atoms with van der Waals surface area (Å²) < 4.78 is 0. The molecule has 18 heavy (non-hydrogen) atoms. The molecule has 1 unspecified atom stereocenters. The Kier molecular flexibility index (Phi) is 4.52. The molecule has 3 heteroatoms. The number of carbonyl (C=O) groups is 1. The number of amides is 1. The highest BCUT2D eigenvalue weighted by molar-refractivity contribution is 5.91.